The highest BCUT2D eigenvalue weighted by molar-refractivity contribution is 5.93. The summed E-state index contributed by atoms with van der Waals surface area (Å²) in [7, 11) is 3.57. The molecule has 5 rings (SSSR count). The first-order chi connectivity index (χ1) is 14.4. The zero-order valence-corrected chi connectivity index (χ0v) is 16.9. The van der Waals surface area contributed by atoms with Gasteiger partial charge >= 0.3 is 0 Å². The summed E-state index contributed by atoms with van der Waals surface area (Å²) in [5, 5.41) is 4.14. The van der Waals surface area contributed by atoms with Crippen LogP contribution in [0.1, 0.15) is 11.1 Å². The van der Waals surface area contributed by atoms with Gasteiger partial charge in [0.05, 0.1) is 30.7 Å². The van der Waals surface area contributed by atoms with E-state index in [1.165, 1.54) is 12.1 Å². The van der Waals surface area contributed by atoms with Crippen LogP contribution in [0.2, 0.25) is 0 Å². The number of aromatic nitrogens is 2. The van der Waals surface area contributed by atoms with E-state index < -0.39 is 17.4 Å². The van der Waals surface area contributed by atoms with E-state index in [0.717, 1.165) is 11.1 Å². The maximum atomic E-state index is 13.3. The molecule has 2 aromatic rings. The quantitative estimate of drug-likeness (QED) is 0.701. The lowest BCUT2D eigenvalue weighted by atomic mass is 9.76. The smallest absolute Gasteiger partial charge is 0.230 e. The Kier molecular flexibility index (Phi) is 4.28. The van der Waals surface area contributed by atoms with Gasteiger partial charge in [0.1, 0.15) is 11.4 Å². The molecular weight excluding hydrogens is 387 g/mol. The van der Waals surface area contributed by atoms with Gasteiger partial charge in [0, 0.05) is 38.9 Å². The largest absolute Gasteiger partial charge is 0.360 e. The molecule has 2 bridgehead atoms. The number of rotatable bonds is 5. The molecule has 0 unspecified atom stereocenters. The molecule has 7 nitrogen and oxygen atoms in total. The zero-order valence-electron chi connectivity index (χ0n) is 16.9. The van der Waals surface area contributed by atoms with Gasteiger partial charge in [-0.25, -0.2) is 4.39 Å². The van der Waals surface area contributed by atoms with Gasteiger partial charge in [-0.15, -0.1) is 0 Å². The highest BCUT2D eigenvalue weighted by Crippen LogP contribution is 2.52. The summed E-state index contributed by atoms with van der Waals surface area (Å²) >= 11 is 0. The van der Waals surface area contributed by atoms with Gasteiger partial charge < -0.3 is 14.5 Å². The Bertz CT molecular complexity index is 1030. The standard InChI is InChI=1S/C22H23FN4O3/c1-25(10-15-9-24-26(2)11-15)20(28)18-17-7-8-22(30-17)13-27(21(29)19(18)22)12-14-3-5-16(23)6-4-14/h3-9,11,17-19H,10,12-13H2,1-2H3/t17-,18-,19+,22-/m0/s1. The van der Waals surface area contributed by atoms with Gasteiger partial charge in [-0.05, 0) is 17.7 Å². The second kappa shape index (κ2) is 6.77. The Morgan fingerprint density at radius 2 is 2.10 bits per heavy atom. The van der Waals surface area contributed by atoms with Gasteiger partial charge in [0.15, 0.2) is 0 Å². The normalized spacial score (nSPS) is 29.0. The second-order valence-corrected chi connectivity index (χ2v) is 8.44. The third-order valence-corrected chi connectivity index (χ3v) is 6.30. The van der Waals surface area contributed by atoms with Gasteiger partial charge in [0.25, 0.3) is 0 Å². The fourth-order valence-corrected chi connectivity index (χ4v) is 4.96. The van der Waals surface area contributed by atoms with Gasteiger partial charge in [-0.2, -0.15) is 5.10 Å². The van der Waals surface area contributed by atoms with E-state index in [2.05, 4.69) is 5.10 Å². The average Bonchev–Trinajstić information content (AvgIpc) is 3.45. The summed E-state index contributed by atoms with van der Waals surface area (Å²) in [6, 6.07) is 6.12. The first-order valence-corrected chi connectivity index (χ1v) is 9.99. The maximum absolute atomic E-state index is 13.3. The summed E-state index contributed by atoms with van der Waals surface area (Å²) in [6.45, 7) is 1.19. The number of aryl methyl sites for hydroxylation is 1. The monoisotopic (exact) mass is 410 g/mol. The number of carbonyl (C=O) groups excluding carboxylic acids is 2. The maximum Gasteiger partial charge on any atom is 0.230 e. The van der Waals surface area contributed by atoms with E-state index in [9.17, 15) is 14.0 Å². The van der Waals surface area contributed by atoms with Crippen molar-refractivity contribution in [2.45, 2.75) is 24.8 Å². The zero-order chi connectivity index (χ0) is 21.0. The molecule has 8 heteroatoms. The molecule has 1 aromatic heterocycles. The number of fused-ring (bicyclic) bond motifs is 1. The van der Waals surface area contributed by atoms with Crippen LogP contribution < -0.4 is 0 Å². The van der Waals surface area contributed by atoms with Crippen LogP contribution in [0.25, 0.3) is 0 Å². The molecule has 2 fully saturated rings. The predicted molar refractivity (Wildman–Crippen MR) is 105 cm³/mol. The van der Waals surface area contributed by atoms with Crippen LogP contribution >= 0.6 is 0 Å². The molecule has 30 heavy (non-hydrogen) atoms. The molecule has 0 aliphatic carbocycles. The SMILES string of the molecule is CN(Cc1cnn(C)c1)C(=O)[C@H]1[C@@H]2C=C[C@@]3(CN(Cc4ccc(F)cc4)C(=O)[C@@H]13)O2. The van der Waals surface area contributed by atoms with E-state index in [4.69, 9.17) is 4.74 Å². The molecule has 3 aliphatic heterocycles. The van der Waals surface area contributed by atoms with E-state index in [-0.39, 0.29) is 23.7 Å². The molecule has 156 valence electrons. The number of hydrogen-bond acceptors (Lipinski definition) is 4. The molecule has 4 heterocycles. The Morgan fingerprint density at radius 3 is 2.80 bits per heavy atom. The molecule has 2 amide bonds. The van der Waals surface area contributed by atoms with E-state index in [0.29, 0.717) is 19.6 Å². The topological polar surface area (TPSA) is 67.7 Å². The van der Waals surface area contributed by atoms with E-state index in [1.54, 1.807) is 39.9 Å². The van der Waals surface area contributed by atoms with Crippen LogP contribution in [0.15, 0.2) is 48.8 Å². The highest BCUT2D eigenvalue weighted by atomic mass is 19.1. The van der Waals surface area contributed by atoms with Gasteiger partial charge in [-0.1, -0.05) is 24.3 Å². The van der Waals surface area contributed by atoms with Crippen molar-refractivity contribution in [3.05, 3.63) is 65.8 Å². The van der Waals surface area contributed by atoms with E-state index in [1.807, 2.05) is 25.4 Å². The Morgan fingerprint density at radius 1 is 1.33 bits per heavy atom. The fraction of sp³-hybridized carbons (Fsp3) is 0.409. The van der Waals surface area contributed by atoms with Crippen molar-refractivity contribution in [1.82, 2.24) is 19.6 Å². The first-order valence-electron chi connectivity index (χ1n) is 9.99. The number of likely N-dealkylation sites (tertiary alicyclic amines) is 1. The summed E-state index contributed by atoms with van der Waals surface area (Å²) in [6.07, 6.45) is 7.07. The highest BCUT2D eigenvalue weighted by Gasteiger charge is 2.67. The number of nitrogens with zero attached hydrogens (tertiary/aromatic N) is 4. The predicted octanol–water partition coefficient (Wildman–Crippen LogP) is 1.50. The Hall–Kier alpha value is -3.00. The molecular formula is C22H23FN4O3. The molecule has 0 saturated carbocycles. The molecule has 4 atom stereocenters. The minimum absolute atomic E-state index is 0.0840. The summed E-state index contributed by atoms with van der Waals surface area (Å²) in [5.41, 5.74) is 1.02. The lowest BCUT2D eigenvalue weighted by Crippen LogP contribution is -2.44. The third-order valence-electron chi connectivity index (χ3n) is 6.30. The molecule has 1 spiro atoms. The number of benzene rings is 1. The molecule has 2 saturated heterocycles. The van der Waals surface area contributed by atoms with Crippen LogP contribution in [0.5, 0.6) is 0 Å². The number of carbonyl (C=O) groups is 2. The summed E-state index contributed by atoms with van der Waals surface area (Å²) in [4.78, 5) is 30.0. The fourth-order valence-electron chi connectivity index (χ4n) is 4.96. The van der Waals surface area contributed by atoms with Crippen LogP contribution in [0, 0.1) is 17.7 Å². The molecule has 1 aromatic carbocycles. The summed E-state index contributed by atoms with van der Waals surface area (Å²) < 4.78 is 21.1. The van der Waals surface area contributed by atoms with Crippen LogP contribution in [0.3, 0.4) is 0 Å². The number of halogens is 1. The lowest BCUT2D eigenvalue weighted by Gasteiger charge is -2.27. The van der Waals surface area contributed by atoms with Crippen LogP contribution in [0.4, 0.5) is 4.39 Å². The van der Waals surface area contributed by atoms with E-state index >= 15 is 0 Å². The third kappa shape index (κ3) is 2.94. The molecule has 0 radical (unpaired) electrons. The Balaban J connectivity index is 1.35. The van der Waals surface area contributed by atoms with Crippen LogP contribution in [-0.4, -0.2) is 56.7 Å². The van der Waals surface area contributed by atoms with Crippen molar-refractivity contribution in [3.8, 4) is 0 Å². The van der Waals surface area contributed by atoms with Crippen molar-refractivity contribution < 1.29 is 18.7 Å². The average molecular weight is 410 g/mol. The second-order valence-electron chi connectivity index (χ2n) is 8.44. The Labute approximate surface area is 173 Å². The van der Waals surface area contributed by atoms with Gasteiger partial charge in [-0.3, -0.25) is 14.3 Å². The van der Waals surface area contributed by atoms with Gasteiger partial charge in [0.2, 0.25) is 11.8 Å². The molecule has 0 N–H and O–H groups in total. The minimum Gasteiger partial charge on any atom is -0.360 e. The van der Waals surface area contributed by atoms with Crippen molar-refractivity contribution >= 4 is 11.8 Å². The number of amides is 2. The van der Waals surface area contributed by atoms with Crippen molar-refractivity contribution in [2.24, 2.45) is 18.9 Å². The van der Waals surface area contributed by atoms with Crippen molar-refractivity contribution in [2.75, 3.05) is 13.6 Å². The minimum atomic E-state index is -0.753. The first kappa shape index (κ1) is 19.0. The van der Waals surface area contributed by atoms with Crippen molar-refractivity contribution in [3.63, 3.8) is 0 Å². The van der Waals surface area contributed by atoms with Crippen LogP contribution in [-0.2, 0) is 34.5 Å². The lowest BCUT2D eigenvalue weighted by molar-refractivity contribution is -0.142. The number of hydrogen-bond donors (Lipinski definition) is 0. The van der Waals surface area contributed by atoms with Crippen molar-refractivity contribution in [1.29, 1.82) is 0 Å². The molecule has 3 aliphatic rings. The summed E-state index contributed by atoms with van der Waals surface area (Å²) in [5.74, 6) is -1.57. The number of ether oxygens (including phenoxy) is 1.